The number of carbonyl (C=O) groups is 1. The van der Waals surface area contributed by atoms with E-state index in [0.29, 0.717) is 31.0 Å². The van der Waals surface area contributed by atoms with Gasteiger partial charge in [-0.25, -0.2) is 4.98 Å². The zero-order valence-corrected chi connectivity index (χ0v) is 20.4. The number of nitrogens with one attached hydrogen (secondary N) is 1. The van der Waals surface area contributed by atoms with Gasteiger partial charge in [-0.05, 0) is 72.0 Å². The van der Waals surface area contributed by atoms with Crippen LogP contribution in [0.1, 0.15) is 36.7 Å². The van der Waals surface area contributed by atoms with E-state index in [1.807, 2.05) is 41.3 Å². The second-order valence-electron chi connectivity index (χ2n) is 10.0. The lowest BCUT2D eigenvalue weighted by molar-refractivity contribution is 0.0733. The zero-order chi connectivity index (χ0) is 24.6. The molecule has 0 bridgehead atoms. The third-order valence-corrected chi connectivity index (χ3v) is 6.43. The van der Waals surface area contributed by atoms with Gasteiger partial charge in [-0.2, -0.15) is 0 Å². The van der Waals surface area contributed by atoms with E-state index in [9.17, 15) is 4.79 Å². The first kappa shape index (κ1) is 23.0. The van der Waals surface area contributed by atoms with E-state index in [2.05, 4.69) is 61.9 Å². The number of ether oxygens (including phenoxy) is 2. The molecule has 1 N–H and O–H groups in total. The molecule has 2 heterocycles. The van der Waals surface area contributed by atoms with Crippen LogP contribution in [0.15, 0.2) is 67.0 Å². The third-order valence-electron chi connectivity index (χ3n) is 6.43. The maximum Gasteiger partial charge on any atom is 0.254 e. The maximum atomic E-state index is 13.3. The van der Waals surface area contributed by atoms with Gasteiger partial charge in [0.05, 0.1) is 23.9 Å². The van der Waals surface area contributed by atoms with Crippen molar-refractivity contribution in [3.63, 3.8) is 0 Å². The molecule has 1 radical (unpaired) electrons. The number of fused-ring (bicyclic) bond motifs is 2. The maximum absolute atomic E-state index is 13.3. The van der Waals surface area contributed by atoms with Crippen molar-refractivity contribution in [2.24, 2.45) is 5.41 Å². The van der Waals surface area contributed by atoms with Crippen LogP contribution in [0.4, 0.5) is 0 Å². The average molecular weight is 469 g/mol. The minimum Gasteiger partial charge on any atom is -0.491 e. The van der Waals surface area contributed by atoms with Crippen molar-refractivity contribution < 1.29 is 14.3 Å². The van der Waals surface area contributed by atoms with Crippen LogP contribution in [0, 0.1) is 12.3 Å². The third kappa shape index (κ3) is 4.87. The summed E-state index contributed by atoms with van der Waals surface area (Å²) in [5.74, 6) is 1.50. The van der Waals surface area contributed by atoms with Crippen molar-refractivity contribution in [3.05, 3.63) is 85.0 Å². The smallest absolute Gasteiger partial charge is 0.254 e. The topological polar surface area (TPSA) is 67.4 Å². The molecule has 0 saturated heterocycles. The van der Waals surface area contributed by atoms with Crippen molar-refractivity contribution in [1.82, 2.24) is 14.9 Å². The lowest BCUT2D eigenvalue weighted by Crippen LogP contribution is -2.32. The number of rotatable bonds is 4. The highest BCUT2D eigenvalue weighted by molar-refractivity contribution is 5.94. The van der Waals surface area contributed by atoms with Crippen LogP contribution in [-0.2, 0) is 6.54 Å². The summed E-state index contributed by atoms with van der Waals surface area (Å²) in [5, 5.41) is 0. The van der Waals surface area contributed by atoms with E-state index in [-0.39, 0.29) is 17.4 Å². The fourth-order valence-corrected chi connectivity index (χ4v) is 4.06. The Morgan fingerprint density at radius 2 is 1.83 bits per heavy atom. The first-order chi connectivity index (χ1) is 16.8. The van der Waals surface area contributed by atoms with Crippen molar-refractivity contribution in [2.45, 2.75) is 33.4 Å². The standard InChI is InChI=1S/C29H30N3O3/c1-19(29(2,3)4)35-24-9-5-20(6-10-24)28(33)32-13-14-34-27-12-8-21(15-23(27)17-32)22-7-11-25-26(16-22)31-18-30-25/h5-12,15-16,18-19H,1,13-14,17H2,2-4H3,(H,30,31). The molecule has 1 atom stereocenters. The Morgan fingerprint density at radius 1 is 1.09 bits per heavy atom. The molecule has 35 heavy (non-hydrogen) atoms. The zero-order valence-electron chi connectivity index (χ0n) is 20.4. The SMILES string of the molecule is [CH2]C(Oc1ccc(C(=O)N2CCOc3ccc(-c4ccc5nc[nH]c5c4)cc3C2)cc1)C(C)(C)C. The molecule has 1 amide bonds. The van der Waals surface area contributed by atoms with Crippen molar-refractivity contribution >= 4 is 16.9 Å². The fraction of sp³-hybridized carbons (Fsp3) is 0.276. The van der Waals surface area contributed by atoms with Gasteiger partial charge in [-0.1, -0.05) is 32.9 Å². The Morgan fingerprint density at radius 3 is 2.60 bits per heavy atom. The Hall–Kier alpha value is -3.80. The molecule has 0 fully saturated rings. The van der Waals surface area contributed by atoms with E-state index in [0.717, 1.165) is 33.5 Å². The Bertz CT molecular complexity index is 1350. The number of aromatic nitrogens is 2. The Balaban J connectivity index is 1.34. The normalized spacial score (nSPS) is 14.7. The minimum absolute atomic E-state index is 0.0284. The average Bonchev–Trinajstić information content (AvgIpc) is 3.21. The summed E-state index contributed by atoms with van der Waals surface area (Å²) in [6.07, 6.45) is 1.51. The molecular formula is C29H30N3O3. The van der Waals surface area contributed by atoms with Gasteiger partial charge in [0.25, 0.3) is 5.91 Å². The lowest BCUT2D eigenvalue weighted by atomic mass is 9.90. The quantitative estimate of drug-likeness (QED) is 0.405. The van der Waals surface area contributed by atoms with E-state index in [4.69, 9.17) is 9.47 Å². The van der Waals surface area contributed by atoms with Gasteiger partial charge in [0.1, 0.15) is 24.2 Å². The molecule has 6 nitrogen and oxygen atoms in total. The lowest BCUT2D eigenvalue weighted by Gasteiger charge is -2.27. The largest absolute Gasteiger partial charge is 0.491 e. The molecule has 0 aliphatic carbocycles. The van der Waals surface area contributed by atoms with Gasteiger partial charge in [0.15, 0.2) is 0 Å². The van der Waals surface area contributed by atoms with Crippen LogP contribution in [0.2, 0.25) is 0 Å². The second kappa shape index (κ2) is 9.10. The van der Waals surface area contributed by atoms with E-state index < -0.39 is 0 Å². The summed E-state index contributed by atoms with van der Waals surface area (Å²) in [6.45, 7) is 11.8. The number of amides is 1. The van der Waals surface area contributed by atoms with Crippen molar-refractivity contribution in [3.8, 4) is 22.6 Å². The molecule has 0 saturated carbocycles. The Kier molecular flexibility index (Phi) is 5.97. The monoisotopic (exact) mass is 468 g/mol. The van der Waals surface area contributed by atoms with Crippen LogP contribution in [0.5, 0.6) is 11.5 Å². The number of hydrogen-bond donors (Lipinski definition) is 1. The first-order valence-corrected chi connectivity index (χ1v) is 11.9. The van der Waals surface area contributed by atoms with Crippen LogP contribution >= 0.6 is 0 Å². The van der Waals surface area contributed by atoms with E-state index >= 15 is 0 Å². The number of benzene rings is 3. The van der Waals surface area contributed by atoms with Crippen LogP contribution in [0.3, 0.4) is 0 Å². The number of H-pyrrole nitrogens is 1. The van der Waals surface area contributed by atoms with Gasteiger partial charge in [-0.15, -0.1) is 0 Å². The molecule has 6 heteroatoms. The molecule has 1 unspecified atom stereocenters. The summed E-state index contributed by atoms with van der Waals surface area (Å²) >= 11 is 0. The molecule has 1 aromatic heterocycles. The van der Waals surface area contributed by atoms with E-state index in [1.54, 1.807) is 6.33 Å². The summed E-state index contributed by atoms with van der Waals surface area (Å²) < 4.78 is 11.9. The van der Waals surface area contributed by atoms with Gasteiger partial charge in [-0.3, -0.25) is 4.79 Å². The van der Waals surface area contributed by atoms with Gasteiger partial charge < -0.3 is 19.4 Å². The van der Waals surface area contributed by atoms with Crippen molar-refractivity contribution in [2.75, 3.05) is 13.2 Å². The van der Waals surface area contributed by atoms with Crippen LogP contribution < -0.4 is 9.47 Å². The molecule has 179 valence electrons. The second-order valence-corrected chi connectivity index (χ2v) is 10.0. The summed E-state index contributed by atoms with van der Waals surface area (Å²) in [5.41, 5.74) is 5.62. The highest BCUT2D eigenvalue weighted by atomic mass is 16.5. The summed E-state index contributed by atoms with van der Waals surface area (Å²) in [7, 11) is 0. The van der Waals surface area contributed by atoms with Gasteiger partial charge >= 0.3 is 0 Å². The molecule has 4 aromatic rings. The number of aromatic amines is 1. The predicted molar refractivity (Wildman–Crippen MR) is 137 cm³/mol. The summed E-state index contributed by atoms with van der Waals surface area (Å²) in [4.78, 5) is 22.6. The van der Waals surface area contributed by atoms with Gasteiger partial charge in [0, 0.05) is 17.7 Å². The fourth-order valence-electron chi connectivity index (χ4n) is 4.06. The molecule has 1 aliphatic heterocycles. The number of nitrogens with zero attached hydrogens (tertiary/aromatic N) is 2. The number of imidazole rings is 1. The van der Waals surface area contributed by atoms with Crippen LogP contribution in [-0.4, -0.2) is 40.0 Å². The molecule has 3 aromatic carbocycles. The first-order valence-electron chi connectivity index (χ1n) is 11.9. The highest BCUT2D eigenvalue weighted by Gasteiger charge is 2.24. The minimum atomic E-state index is -0.188. The molecule has 5 rings (SSSR count). The van der Waals surface area contributed by atoms with Crippen LogP contribution in [0.25, 0.3) is 22.2 Å². The Labute approximate surface area is 205 Å². The molecule has 0 spiro atoms. The number of carbonyl (C=O) groups excluding carboxylic acids is 1. The van der Waals surface area contributed by atoms with E-state index in [1.165, 1.54) is 0 Å². The molecule has 1 aliphatic rings. The number of hydrogen-bond acceptors (Lipinski definition) is 4. The predicted octanol–water partition coefficient (Wildman–Crippen LogP) is 5.89. The van der Waals surface area contributed by atoms with Gasteiger partial charge in [0.2, 0.25) is 0 Å². The molecular weight excluding hydrogens is 438 g/mol. The van der Waals surface area contributed by atoms with Crippen molar-refractivity contribution in [1.29, 1.82) is 0 Å². The highest BCUT2D eigenvalue weighted by Crippen LogP contribution is 2.31. The summed E-state index contributed by atoms with van der Waals surface area (Å²) in [6, 6.07) is 19.6.